The van der Waals surface area contributed by atoms with Crippen LogP contribution in [0.4, 0.5) is 5.69 Å². The van der Waals surface area contributed by atoms with Gasteiger partial charge in [-0.05, 0) is 43.2 Å². The third-order valence-corrected chi connectivity index (χ3v) is 3.87. The molecular formula is C17H15ClN2O. The van der Waals surface area contributed by atoms with Gasteiger partial charge in [-0.3, -0.25) is 4.79 Å². The third-order valence-electron chi connectivity index (χ3n) is 3.62. The molecule has 0 fully saturated rings. The number of hydrogen-bond donors (Lipinski definition) is 0. The average Bonchev–Trinajstić information content (AvgIpc) is 2.78. The lowest BCUT2D eigenvalue weighted by atomic mass is 9.95. The first-order valence-corrected chi connectivity index (χ1v) is 7.21. The number of benzene rings is 2. The van der Waals surface area contributed by atoms with Gasteiger partial charge in [-0.2, -0.15) is 5.10 Å². The normalized spacial score (nSPS) is 18.0. The van der Waals surface area contributed by atoms with Crippen LogP contribution in [0.2, 0.25) is 5.02 Å². The van der Waals surface area contributed by atoms with Gasteiger partial charge in [-0.25, -0.2) is 5.01 Å². The van der Waals surface area contributed by atoms with Gasteiger partial charge in [0, 0.05) is 10.7 Å². The summed E-state index contributed by atoms with van der Waals surface area (Å²) >= 11 is 5.89. The first-order valence-electron chi connectivity index (χ1n) is 6.84. The van der Waals surface area contributed by atoms with Crippen LogP contribution in [0.1, 0.15) is 12.5 Å². The van der Waals surface area contributed by atoms with Crippen LogP contribution in [-0.2, 0) is 11.2 Å². The van der Waals surface area contributed by atoms with Crippen LogP contribution in [0, 0.1) is 5.92 Å². The monoisotopic (exact) mass is 298 g/mol. The molecule has 106 valence electrons. The zero-order chi connectivity index (χ0) is 14.8. The van der Waals surface area contributed by atoms with E-state index in [1.54, 1.807) is 0 Å². The van der Waals surface area contributed by atoms with E-state index in [0.717, 1.165) is 17.0 Å². The molecule has 1 heterocycles. The lowest BCUT2D eigenvalue weighted by molar-refractivity contribution is -0.119. The highest BCUT2D eigenvalue weighted by Crippen LogP contribution is 2.26. The minimum Gasteiger partial charge on any atom is -0.272 e. The fraction of sp³-hybridized carbons (Fsp3) is 0.176. The Morgan fingerprint density at radius 3 is 2.43 bits per heavy atom. The summed E-state index contributed by atoms with van der Waals surface area (Å²) in [6.45, 7) is 1.90. The summed E-state index contributed by atoms with van der Waals surface area (Å²) < 4.78 is 0. The number of halogens is 1. The summed E-state index contributed by atoms with van der Waals surface area (Å²) in [5.74, 6) is -0.181. The number of anilines is 1. The maximum atomic E-state index is 12.6. The third kappa shape index (κ3) is 2.83. The van der Waals surface area contributed by atoms with E-state index >= 15 is 0 Å². The Kier molecular flexibility index (Phi) is 3.76. The van der Waals surface area contributed by atoms with Gasteiger partial charge in [0.25, 0.3) is 5.91 Å². The highest BCUT2D eigenvalue weighted by molar-refractivity contribution is 6.30. The van der Waals surface area contributed by atoms with Crippen LogP contribution in [0.3, 0.4) is 0 Å². The SMILES string of the molecule is CC1=NN(c2ccccc2)C(=O)C1Cc1ccc(Cl)cc1. The van der Waals surface area contributed by atoms with E-state index in [2.05, 4.69) is 5.10 Å². The lowest BCUT2D eigenvalue weighted by Crippen LogP contribution is -2.28. The second kappa shape index (κ2) is 5.70. The van der Waals surface area contributed by atoms with Crippen LogP contribution in [-0.4, -0.2) is 11.6 Å². The Labute approximate surface area is 128 Å². The minimum atomic E-state index is -0.202. The van der Waals surface area contributed by atoms with Gasteiger partial charge in [0.05, 0.1) is 11.6 Å². The highest BCUT2D eigenvalue weighted by atomic mass is 35.5. The second-order valence-corrected chi connectivity index (χ2v) is 5.55. The number of amides is 1. The Hall–Kier alpha value is -2.13. The fourth-order valence-electron chi connectivity index (χ4n) is 2.45. The molecule has 0 aliphatic carbocycles. The molecule has 3 rings (SSSR count). The fourth-order valence-corrected chi connectivity index (χ4v) is 2.57. The average molecular weight is 299 g/mol. The van der Waals surface area contributed by atoms with Gasteiger partial charge >= 0.3 is 0 Å². The standard InChI is InChI=1S/C17H15ClN2O/c1-12-16(11-13-7-9-14(18)10-8-13)17(21)20(19-12)15-5-3-2-4-6-15/h2-10,16H,11H2,1H3. The Morgan fingerprint density at radius 1 is 1.10 bits per heavy atom. The molecular weight excluding hydrogens is 284 g/mol. The molecule has 3 nitrogen and oxygen atoms in total. The molecule has 0 saturated heterocycles. The number of rotatable bonds is 3. The Balaban J connectivity index is 1.81. The van der Waals surface area contributed by atoms with Crippen LogP contribution in [0.15, 0.2) is 59.7 Å². The van der Waals surface area contributed by atoms with E-state index in [4.69, 9.17) is 11.6 Å². The predicted molar refractivity (Wildman–Crippen MR) is 85.7 cm³/mol. The van der Waals surface area contributed by atoms with Crippen LogP contribution >= 0.6 is 11.6 Å². The number of carbonyl (C=O) groups excluding carboxylic acids is 1. The molecule has 4 heteroatoms. The van der Waals surface area contributed by atoms with Gasteiger partial charge in [0.2, 0.25) is 0 Å². The molecule has 1 unspecified atom stereocenters. The van der Waals surface area contributed by atoms with Gasteiger partial charge in [0.1, 0.15) is 0 Å². The summed E-state index contributed by atoms with van der Waals surface area (Å²) in [7, 11) is 0. The van der Waals surface area contributed by atoms with Crippen LogP contribution < -0.4 is 5.01 Å². The van der Waals surface area contributed by atoms with Crippen molar-refractivity contribution in [1.82, 2.24) is 0 Å². The molecule has 0 radical (unpaired) electrons. The Morgan fingerprint density at radius 2 is 1.76 bits per heavy atom. The van der Waals surface area contributed by atoms with Gasteiger partial charge in [-0.15, -0.1) is 0 Å². The number of carbonyl (C=O) groups is 1. The first kappa shape index (κ1) is 13.8. The molecule has 2 aromatic carbocycles. The van der Waals surface area contributed by atoms with Crippen LogP contribution in [0.25, 0.3) is 0 Å². The molecule has 1 aliphatic heterocycles. The zero-order valence-corrected chi connectivity index (χ0v) is 12.4. The molecule has 0 bridgehead atoms. The van der Waals surface area contributed by atoms with Crippen molar-refractivity contribution in [2.24, 2.45) is 11.0 Å². The number of hydrazone groups is 1. The molecule has 2 aromatic rings. The molecule has 1 atom stereocenters. The number of hydrogen-bond acceptors (Lipinski definition) is 2. The van der Waals surface area contributed by atoms with E-state index in [0.29, 0.717) is 11.4 Å². The molecule has 1 amide bonds. The number of para-hydroxylation sites is 1. The Bertz CT molecular complexity index is 680. The van der Waals surface area contributed by atoms with E-state index in [1.165, 1.54) is 5.01 Å². The van der Waals surface area contributed by atoms with Crippen molar-refractivity contribution in [3.05, 3.63) is 65.2 Å². The molecule has 0 spiro atoms. The topological polar surface area (TPSA) is 32.7 Å². The molecule has 1 aliphatic rings. The molecule has 0 saturated carbocycles. The van der Waals surface area contributed by atoms with Crippen molar-refractivity contribution >= 4 is 28.9 Å². The molecule has 0 N–H and O–H groups in total. The van der Waals surface area contributed by atoms with E-state index in [9.17, 15) is 4.79 Å². The predicted octanol–water partition coefficient (Wildman–Crippen LogP) is 3.92. The molecule has 0 aromatic heterocycles. The van der Waals surface area contributed by atoms with Crippen molar-refractivity contribution in [2.75, 3.05) is 5.01 Å². The minimum absolute atomic E-state index is 0.0219. The largest absolute Gasteiger partial charge is 0.272 e. The first-order chi connectivity index (χ1) is 10.1. The van der Waals surface area contributed by atoms with Crippen molar-refractivity contribution in [3.8, 4) is 0 Å². The quantitative estimate of drug-likeness (QED) is 0.845. The van der Waals surface area contributed by atoms with Crippen LogP contribution in [0.5, 0.6) is 0 Å². The van der Waals surface area contributed by atoms with E-state index < -0.39 is 0 Å². The summed E-state index contributed by atoms with van der Waals surface area (Å²) in [6, 6.07) is 17.1. The van der Waals surface area contributed by atoms with Crippen molar-refractivity contribution in [1.29, 1.82) is 0 Å². The van der Waals surface area contributed by atoms with Gasteiger partial charge in [-0.1, -0.05) is 41.9 Å². The smallest absolute Gasteiger partial charge is 0.256 e. The zero-order valence-electron chi connectivity index (χ0n) is 11.7. The van der Waals surface area contributed by atoms with Crippen molar-refractivity contribution in [2.45, 2.75) is 13.3 Å². The summed E-state index contributed by atoms with van der Waals surface area (Å²) in [6.07, 6.45) is 0.647. The van der Waals surface area contributed by atoms with E-state index in [-0.39, 0.29) is 11.8 Å². The van der Waals surface area contributed by atoms with E-state index in [1.807, 2.05) is 61.5 Å². The van der Waals surface area contributed by atoms with Gasteiger partial charge < -0.3 is 0 Å². The van der Waals surface area contributed by atoms with Crippen molar-refractivity contribution < 1.29 is 4.79 Å². The summed E-state index contributed by atoms with van der Waals surface area (Å²) in [4.78, 5) is 12.6. The summed E-state index contributed by atoms with van der Waals surface area (Å²) in [5.41, 5.74) is 2.74. The van der Waals surface area contributed by atoms with Gasteiger partial charge in [0.15, 0.2) is 0 Å². The maximum Gasteiger partial charge on any atom is 0.256 e. The summed E-state index contributed by atoms with van der Waals surface area (Å²) in [5, 5.41) is 6.61. The van der Waals surface area contributed by atoms with Crippen molar-refractivity contribution in [3.63, 3.8) is 0 Å². The number of nitrogens with zero attached hydrogens (tertiary/aromatic N) is 2. The maximum absolute atomic E-state index is 12.6. The lowest BCUT2D eigenvalue weighted by Gasteiger charge is -2.14. The highest BCUT2D eigenvalue weighted by Gasteiger charge is 2.34. The molecule has 21 heavy (non-hydrogen) atoms. The second-order valence-electron chi connectivity index (χ2n) is 5.11.